The third-order valence-corrected chi connectivity index (χ3v) is 5.26. The summed E-state index contributed by atoms with van der Waals surface area (Å²) in [4.78, 5) is 0. The molecular formula is C22H18Cl2N2O. The Labute approximate surface area is 168 Å². The van der Waals surface area contributed by atoms with Gasteiger partial charge in [-0.2, -0.15) is 5.10 Å². The summed E-state index contributed by atoms with van der Waals surface area (Å²) >= 11 is 12.5. The Morgan fingerprint density at radius 2 is 1.63 bits per heavy atom. The van der Waals surface area contributed by atoms with Gasteiger partial charge in [-0.1, -0.05) is 47.5 Å². The predicted molar refractivity (Wildman–Crippen MR) is 112 cm³/mol. The van der Waals surface area contributed by atoms with Crippen LogP contribution in [0.5, 0.6) is 5.75 Å². The second-order valence-electron chi connectivity index (χ2n) is 6.34. The largest absolute Gasteiger partial charge is 0.497 e. The van der Waals surface area contributed by atoms with Crippen LogP contribution in [-0.2, 0) is 0 Å². The van der Waals surface area contributed by atoms with Crippen molar-refractivity contribution in [1.29, 1.82) is 0 Å². The fourth-order valence-corrected chi connectivity index (χ4v) is 3.62. The van der Waals surface area contributed by atoms with Gasteiger partial charge < -0.3 is 4.74 Å². The van der Waals surface area contributed by atoms with E-state index in [1.54, 1.807) is 7.11 Å². The number of hydrogen-bond donors (Lipinski definition) is 0. The maximum atomic E-state index is 6.47. The van der Waals surface area contributed by atoms with Crippen molar-refractivity contribution in [3.8, 4) is 5.75 Å². The number of anilines is 1. The van der Waals surface area contributed by atoms with Gasteiger partial charge in [0.15, 0.2) is 0 Å². The van der Waals surface area contributed by atoms with Crippen LogP contribution in [0.25, 0.3) is 0 Å². The summed E-state index contributed by atoms with van der Waals surface area (Å²) in [7, 11) is 1.66. The number of para-hydroxylation sites is 1. The molecule has 0 N–H and O–H groups in total. The highest BCUT2D eigenvalue weighted by molar-refractivity contribution is 6.33. The second-order valence-corrected chi connectivity index (χ2v) is 7.19. The molecule has 4 rings (SSSR count). The number of hydrogen-bond acceptors (Lipinski definition) is 3. The summed E-state index contributed by atoms with van der Waals surface area (Å²) in [6.07, 6.45) is 0.777. The Morgan fingerprint density at radius 1 is 0.926 bits per heavy atom. The zero-order valence-corrected chi connectivity index (χ0v) is 16.3. The molecule has 0 saturated carbocycles. The van der Waals surface area contributed by atoms with Gasteiger partial charge in [-0.3, -0.25) is 5.01 Å². The number of methoxy groups -OCH3 is 1. The third kappa shape index (κ3) is 3.66. The van der Waals surface area contributed by atoms with Crippen LogP contribution < -0.4 is 9.75 Å². The van der Waals surface area contributed by atoms with Crippen LogP contribution in [0.2, 0.25) is 10.0 Å². The Bertz CT molecular complexity index is 968. The van der Waals surface area contributed by atoms with Crippen LogP contribution in [0.3, 0.4) is 0 Å². The molecule has 0 spiro atoms. The number of rotatable bonds is 4. The van der Waals surface area contributed by atoms with E-state index in [4.69, 9.17) is 33.0 Å². The van der Waals surface area contributed by atoms with Crippen LogP contribution >= 0.6 is 23.2 Å². The minimum Gasteiger partial charge on any atom is -0.497 e. The molecule has 1 atom stereocenters. The molecule has 0 saturated heterocycles. The van der Waals surface area contributed by atoms with Crippen LogP contribution in [0.1, 0.15) is 23.6 Å². The van der Waals surface area contributed by atoms with E-state index in [2.05, 4.69) is 0 Å². The fourth-order valence-electron chi connectivity index (χ4n) is 3.27. The summed E-state index contributed by atoms with van der Waals surface area (Å²) in [6.45, 7) is 0. The molecule has 0 amide bonds. The first kappa shape index (κ1) is 17.9. The highest BCUT2D eigenvalue weighted by Crippen LogP contribution is 2.39. The van der Waals surface area contributed by atoms with E-state index < -0.39 is 0 Å². The standard InChI is InChI=1S/C22H18Cl2N2O/c1-27-18-12-8-15(9-13-18)20-14-22(16-6-10-17(23)11-7-16)26(25-20)21-5-3-2-4-19(21)24/h2-13,22H,14H2,1H3/t22-/m1/s1. The van der Waals surface area contributed by atoms with Gasteiger partial charge in [-0.05, 0) is 59.7 Å². The SMILES string of the molecule is COc1ccc(C2=NN(c3ccccc3Cl)[C@@H](c3ccc(Cl)cc3)C2)cc1. The maximum absolute atomic E-state index is 6.47. The van der Waals surface area contributed by atoms with Crippen molar-refractivity contribution in [1.82, 2.24) is 0 Å². The molecule has 0 radical (unpaired) electrons. The summed E-state index contributed by atoms with van der Waals surface area (Å²) in [5, 5.41) is 8.32. The van der Waals surface area contributed by atoms with E-state index >= 15 is 0 Å². The lowest BCUT2D eigenvalue weighted by molar-refractivity contribution is 0.415. The average molecular weight is 397 g/mol. The Balaban J connectivity index is 1.75. The number of benzene rings is 3. The van der Waals surface area contributed by atoms with Crippen molar-refractivity contribution in [2.45, 2.75) is 12.5 Å². The van der Waals surface area contributed by atoms with Crippen molar-refractivity contribution in [3.05, 3.63) is 94.0 Å². The third-order valence-electron chi connectivity index (χ3n) is 4.69. The van der Waals surface area contributed by atoms with Gasteiger partial charge in [-0.25, -0.2) is 0 Å². The normalized spacial score (nSPS) is 16.3. The molecule has 3 aromatic carbocycles. The van der Waals surface area contributed by atoms with Gasteiger partial charge in [0.1, 0.15) is 5.75 Å². The molecule has 3 aromatic rings. The Morgan fingerprint density at radius 3 is 2.30 bits per heavy atom. The van der Waals surface area contributed by atoms with Gasteiger partial charge >= 0.3 is 0 Å². The molecule has 0 unspecified atom stereocenters. The van der Waals surface area contributed by atoms with Crippen LogP contribution in [0.4, 0.5) is 5.69 Å². The molecule has 3 nitrogen and oxygen atoms in total. The molecule has 1 aliphatic heterocycles. The van der Waals surface area contributed by atoms with Crippen molar-refractivity contribution in [3.63, 3.8) is 0 Å². The summed E-state index contributed by atoms with van der Waals surface area (Å²) in [6, 6.07) is 23.7. The summed E-state index contributed by atoms with van der Waals surface area (Å²) < 4.78 is 5.26. The minimum atomic E-state index is 0.0549. The number of ether oxygens (including phenoxy) is 1. The van der Waals surface area contributed by atoms with Crippen LogP contribution in [0.15, 0.2) is 77.9 Å². The molecule has 5 heteroatoms. The zero-order valence-electron chi connectivity index (χ0n) is 14.8. The first-order valence-corrected chi connectivity index (χ1v) is 9.42. The fraction of sp³-hybridized carbons (Fsp3) is 0.136. The van der Waals surface area contributed by atoms with E-state index in [9.17, 15) is 0 Å². The van der Waals surface area contributed by atoms with Crippen molar-refractivity contribution < 1.29 is 4.74 Å². The average Bonchev–Trinajstić information content (AvgIpc) is 3.14. The second kappa shape index (κ2) is 7.63. The minimum absolute atomic E-state index is 0.0549. The number of nitrogens with zero attached hydrogens (tertiary/aromatic N) is 2. The number of hydrazone groups is 1. The van der Waals surface area contributed by atoms with E-state index in [0.717, 1.165) is 39.7 Å². The molecular weight excluding hydrogens is 379 g/mol. The van der Waals surface area contributed by atoms with Crippen LogP contribution in [0, 0.1) is 0 Å². The van der Waals surface area contributed by atoms with Gasteiger partial charge in [0.2, 0.25) is 0 Å². The van der Waals surface area contributed by atoms with E-state index in [-0.39, 0.29) is 6.04 Å². The highest BCUT2D eigenvalue weighted by Gasteiger charge is 2.30. The summed E-state index contributed by atoms with van der Waals surface area (Å²) in [5.41, 5.74) is 4.12. The highest BCUT2D eigenvalue weighted by atomic mass is 35.5. The zero-order chi connectivity index (χ0) is 18.8. The molecule has 1 aliphatic rings. The molecule has 1 heterocycles. The molecule has 0 aliphatic carbocycles. The van der Waals surface area contributed by atoms with Crippen molar-refractivity contribution in [2.75, 3.05) is 12.1 Å². The Hall–Kier alpha value is -2.49. The Kier molecular flexibility index (Phi) is 5.06. The van der Waals surface area contributed by atoms with E-state index in [1.165, 1.54) is 0 Å². The summed E-state index contributed by atoms with van der Waals surface area (Å²) in [5.74, 6) is 0.828. The smallest absolute Gasteiger partial charge is 0.118 e. The lowest BCUT2D eigenvalue weighted by Crippen LogP contribution is -2.18. The lowest BCUT2D eigenvalue weighted by Gasteiger charge is -2.24. The van der Waals surface area contributed by atoms with Gasteiger partial charge in [0, 0.05) is 11.4 Å². The predicted octanol–water partition coefficient (Wildman–Crippen LogP) is 6.36. The monoisotopic (exact) mass is 396 g/mol. The van der Waals surface area contributed by atoms with Gasteiger partial charge in [-0.15, -0.1) is 0 Å². The van der Waals surface area contributed by atoms with Gasteiger partial charge in [0.05, 0.1) is 29.6 Å². The van der Waals surface area contributed by atoms with E-state index in [1.807, 2.05) is 77.8 Å². The van der Waals surface area contributed by atoms with Crippen LogP contribution in [-0.4, -0.2) is 12.8 Å². The quantitative estimate of drug-likeness (QED) is 0.512. The topological polar surface area (TPSA) is 24.8 Å². The molecule has 0 bridgehead atoms. The molecule has 0 aromatic heterocycles. The first-order valence-electron chi connectivity index (χ1n) is 8.67. The molecule has 27 heavy (non-hydrogen) atoms. The molecule has 0 fully saturated rings. The lowest BCUT2D eigenvalue weighted by atomic mass is 9.98. The van der Waals surface area contributed by atoms with E-state index in [0.29, 0.717) is 5.02 Å². The molecule has 136 valence electrons. The number of halogens is 2. The van der Waals surface area contributed by atoms with Gasteiger partial charge in [0.25, 0.3) is 0 Å². The van der Waals surface area contributed by atoms with Crippen molar-refractivity contribution >= 4 is 34.6 Å². The first-order chi connectivity index (χ1) is 13.2. The van der Waals surface area contributed by atoms with Crippen molar-refractivity contribution in [2.24, 2.45) is 5.10 Å². The maximum Gasteiger partial charge on any atom is 0.118 e.